The van der Waals surface area contributed by atoms with Crippen LogP contribution in [0.2, 0.25) is 0 Å². The average molecular weight is 376 g/mol. The van der Waals surface area contributed by atoms with Gasteiger partial charge in [0.2, 0.25) is 0 Å². The fourth-order valence-electron chi connectivity index (χ4n) is 2.48. The van der Waals surface area contributed by atoms with E-state index in [1.165, 1.54) is 12.1 Å². The standard InChI is InChI=1S/C15H22BrNO3S/c1-3-7-15(11-21,8-4-2)10-20-14-9-12(17(18)19)5-6-13(14)16/h5-6,9,21H,3-4,7-8,10-11H2,1-2H3. The summed E-state index contributed by atoms with van der Waals surface area (Å²) in [5, 5.41) is 10.8. The predicted molar refractivity (Wildman–Crippen MR) is 92.4 cm³/mol. The lowest BCUT2D eigenvalue weighted by Crippen LogP contribution is -2.30. The maximum Gasteiger partial charge on any atom is 0.273 e. The molecule has 0 atom stereocenters. The molecule has 0 N–H and O–H groups in total. The van der Waals surface area contributed by atoms with Crippen LogP contribution in [0.4, 0.5) is 5.69 Å². The van der Waals surface area contributed by atoms with Gasteiger partial charge in [0.15, 0.2) is 0 Å². The van der Waals surface area contributed by atoms with E-state index < -0.39 is 4.92 Å². The fourth-order valence-corrected chi connectivity index (χ4v) is 3.25. The molecule has 0 radical (unpaired) electrons. The lowest BCUT2D eigenvalue weighted by molar-refractivity contribution is -0.385. The van der Waals surface area contributed by atoms with Crippen molar-refractivity contribution in [3.05, 3.63) is 32.8 Å². The van der Waals surface area contributed by atoms with Gasteiger partial charge in [0, 0.05) is 11.5 Å². The van der Waals surface area contributed by atoms with Crippen molar-refractivity contribution in [1.29, 1.82) is 0 Å². The Bertz CT molecular complexity index is 476. The van der Waals surface area contributed by atoms with Crippen molar-refractivity contribution in [2.24, 2.45) is 5.41 Å². The molecule has 0 aliphatic rings. The summed E-state index contributed by atoms with van der Waals surface area (Å²) in [6.07, 6.45) is 4.22. The van der Waals surface area contributed by atoms with E-state index in [1.807, 2.05) is 0 Å². The summed E-state index contributed by atoms with van der Waals surface area (Å²) >= 11 is 7.88. The van der Waals surface area contributed by atoms with Gasteiger partial charge in [-0.15, -0.1) is 0 Å². The first-order valence-corrected chi connectivity index (χ1v) is 8.58. The van der Waals surface area contributed by atoms with Crippen molar-refractivity contribution in [3.63, 3.8) is 0 Å². The third kappa shape index (κ3) is 5.18. The van der Waals surface area contributed by atoms with Crippen LogP contribution in [-0.4, -0.2) is 17.3 Å². The summed E-state index contributed by atoms with van der Waals surface area (Å²) in [7, 11) is 0. The molecule has 0 saturated carbocycles. The largest absolute Gasteiger partial charge is 0.492 e. The van der Waals surface area contributed by atoms with Gasteiger partial charge in [-0.3, -0.25) is 10.1 Å². The molecule has 1 rings (SSSR count). The van der Waals surface area contributed by atoms with Gasteiger partial charge in [0.1, 0.15) is 5.75 Å². The van der Waals surface area contributed by atoms with Gasteiger partial charge in [0.05, 0.1) is 22.1 Å². The van der Waals surface area contributed by atoms with Crippen LogP contribution in [0.3, 0.4) is 0 Å². The molecule has 0 amide bonds. The molecule has 0 fully saturated rings. The Morgan fingerprint density at radius 1 is 1.33 bits per heavy atom. The number of nitro benzene ring substituents is 1. The Morgan fingerprint density at radius 2 is 1.95 bits per heavy atom. The quantitative estimate of drug-likeness (QED) is 0.364. The molecule has 0 aliphatic heterocycles. The van der Waals surface area contributed by atoms with Crippen LogP contribution in [0, 0.1) is 15.5 Å². The number of rotatable bonds is 9. The van der Waals surface area contributed by atoms with Crippen LogP contribution in [0.1, 0.15) is 39.5 Å². The molecule has 0 saturated heterocycles. The number of ether oxygens (including phenoxy) is 1. The predicted octanol–water partition coefficient (Wildman–Crippen LogP) is 5.25. The molecular weight excluding hydrogens is 354 g/mol. The summed E-state index contributed by atoms with van der Waals surface area (Å²) < 4.78 is 6.62. The topological polar surface area (TPSA) is 52.4 Å². The zero-order valence-electron chi connectivity index (χ0n) is 12.5. The number of nitrogens with zero attached hydrogens (tertiary/aromatic N) is 1. The first-order valence-electron chi connectivity index (χ1n) is 7.15. The van der Waals surface area contributed by atoms with Gasteiger partial charge in [0.25, 0.3) is 5.69 Å². The van der Waals surface area contributed by atoms with Crippen LogP contribution in [0.25, 0.3) is 0 Å². The number of non-ortho nitro benzene ring substituents is 1. The molecule has 1 aromatic rings. The van der Waals surface area contributed by atoms with Crippen LogP contribution in [0.15, 0.2) is 22.7 Å². The van der Waals surface area contributed by atoms with E-state index in [9.17, 15) is 10.1 Å². The normalized spacial score (nSPS) is 11.4. The van der Waals surface area contributed by atoms with Gasteiger partial charge < -0.3 is 4.74 Å². The molecule has 0 spiro atoms. The van der Waals surface area contributed by atoms with Crippen LogP contribution in [-0.2, 0) is 0 Å². The molecule has 0 heterocycles. The van der Waals surface area contributed by atoms with E-state index >= 15 is 0 Å². The van der Waals surface area contributed by atoms with Gasteiger partial charge >= 0.3 is 0 Å². The average Bonchev–Trinajstić information content (AvgIpc) is 2.46. The van der Waals surface area contributed by atoms with Crippen molar-refractivity contribution < 1.29 is 9.66 Å². The number of nitro groups is 1. The van der Waals surface area contributed by atoms with E-state index in [0.29, 0.717) is 12.4 Å². The van der Waals surface area contributed by atoms with E-state index in [2.05, 4.69) is 42.4 Å². The molecule has 118 valence electrons. The number of thiol groups is 1. The van der Waals surface area contributed by atoms with E-state index in [1.54, 1.807) is 6.07 Å². The maximum absolute atomic E-state index is 10.8. The molecule has 6 heteroatoms. The Morgan fingerprint density at radius 3 is 2.43 bits per heavy atom. The molecule has 21 heavy (non-hydrogen) atoms. The summed E-state index contributed by atoms with van der Waals surface area (Å²) in [5.74, 6) is 1.27. The number of benzene rings is 1. The van der Waals surface area contributed by atoms with Crippen molar-refractivity contribution in [1.82, 2.24) is 0 Å². The minimum absolute atomic E-state index is 0.0245. The SMILES string of the molecule is CCCC(CS)(CCC)COc1cc([N+](=O)[O-])ccc1Br. The molecule has 0 unspecified atom stereocenters. The summed E-state index contributed by atoms with van der Waals surface area (Å²) in [6.45, 7) is 4.83. The third-order valence-electron chi connectivity index (χ3n) is 3.56. The maximum atomic E-state index is 10.8. The second-order valence-electron chi connectivity index (χ2n) is 5.32. The molecular formula is C15H22BrNO3S. The lowest BCUT2D eigenvalue weighted by Gasteiger charge is -2.31. The van der Waals surface area contributed by atoms with Gasteiger partial charge in [-0.2, -0.15) is 12.6 Å². The highest BCUT2D eigenvalue weighted by Gasteiger charge is 2.28. The Labute approximate surface area is 140 Å². The first-order chi connectivity index (χ1) is 9.98. The highest BCUT2D eigenvalue weighted by Crippen LogP contribution is 2.35. The molecule has 0 aromatic heterocycles. The zero-order valence-corrected chi connectivity index (χ0v) is 15.0. The summed E-state index contributed by atoms with van der Waals surface area (Å²) in [4.78, 5) is 10.4. The monoisotopic (exact) mass is 375 g/mol. The minimum atomic E-state index is -0.413. The van der Waals surface area contributed by atoms with E-state index in [4.69, 9.17) is 4.74 Å². The Hall–Kier alpha value is -0.750. The van der Waals surface area contributed by atoms with Gasteiger partial charge in [-0.1, -0.05) is 26.7 Å². The molecule has 1 aromatic carbocycles. The van der Waals surface area contributed by atoms with Gasteiger partial charge in [-0.05, 0) is 40.6 Å². The number of halogens is 1. The summed E-state index contributed by atoms with van der Waals surface area (Å²) in [5.41, 5.74) is 0.0621. The highest BCUT2D eigenvalue weighted by atomic mass is 79.9. The molecule has 4 nitrogen and oxygen atoms in total. The minimum Gasteiger partial charge on any atom is -0.492 e. The third-order valence-corrected chi connectivity index (χ3v) is 4.88. The van der Waals surface area contributed by atoms with E-state index in [0.717, 1.165) is 35.9 Å². The van der Waals surface area contributed by atoms with Crippen molar-refractivity contribution >= 4 is 34.2 Å². The second kappa shape index (κ2) is 8.63. The summed E-state index contributed by atoms with van der Waals surface area (Å²) in [6, 6.07) is 4.57. The highest BCUT2D eigenvalue weighted by molar-refractivity contribution is 9.10. The molecule has 0 bridgehead atoms. The smallest absolute Gasteiger partial charge is 0.273 e. The first kappa shape index (κ1) is 18.3. The number of hydrogen-bond acceptors (Lipinski definition) is 4. The van der Waals surface area contributed by atoms with Crippen LogP contribution >= 0.6 is 28.6 Å². The Balaban J connectivity index is 2.88. The zero-order chi connectivity index (χ0) is 15.9. The van der Waals surface area contributed by atoms with Crippen LogP contribution < -0.4 is 4.74 Å². The van der Waals surface area contributed by atoms with Crippen molar-refractivity contribution in [3.8, 4) is 5.75 Å². The van der Waals surface area contributed by atoms with Crippen molar-refractivity contribution in [2.75, 3.05) is 12.4 Å². The fraction of sp³-hybridized carbons (Fsp3) is 0.600. The van der Waals surface area contributed by atoms with Gasteiger partial charge in [-0.25, -0.2) is 0 Å². The van der Waals surface area contributed by atoms with Crippen LogP contribution in [0.5, 0.6) is 5.75 Å². The van der Waals surface area contributed by atoms with Crippen molar-refractivity contribution in [2.45, 2.75) is 39.5 Å². The molecule has 0 aliphatic carbocycles. The Kier molecular flexibility index (Phi) is 7.52. The lowest BCUT2D eigenvalue weighted by atomic mass is 9.82. The van der Waals surface area contributed by atoms with E-state index in [-0.39, 0.29) is 11.1 Å². The second-order valence-corrected chi connectivity index (χ2v) is 6.49. The number of hydrogen-bond donors (Lipinski definition) is 1.